The van der Waals surface area contributed by atoms with E-state index in [1.54, 1.807) is 7.11 Å². The van der Waals surface area contributed by atoms with Crippen LogP contribution in [-0.2, 0) is 4.74 Å². The van der Waals surface area contributed by atoms with E-state index in [0.717, 1.165) is 18.8 Å². The van der Waals surface area contributed by atoms with Crippen molar-refractivity contribution >= 4 is 6.08 Å². The molecule has 0 radical (unpaired) electrons. The van der Waals surface area contributed by atoms with E-state index in [2.05, 4.69) is 32.1 Å². The number of rotatable bonds is 2. The van der Waals surface area contributed by atoms with Crippen LogP contribution < -0.4 is 4.74 Å². The zero-order chi connectivity index (χ0) is 11.6. The molecule has 1 saturated heterocycles. The van der Waals surface area contributed by atoms with E-state index >= 15 is 0 Å². The molecule has 1 aromatic carbocycles. The fraction of sp³-hybridized carbons (Fsp3) is 0.429. The van der Waals surface area contributed by atoms with Crippen molar-refractivity contribution in [3.8, 4) is 5.75 Å². The molecule has 0 atom stereocenters. The summed E-state index contributed by atoms with van der Waals surface area (Å²) >= 11 is 0. The van der Waals surface area contributed by atoms with Gasteiger partial charge < -0.3 is 9.47 Å². The Labute approximate surface area is 96.9 Å². The predicted molar refractivity (Wildman–Crippen MR) is 65.6 cm³/mol. The lowest BCUT2D eigenvalue weighted by molar-refractivity contribution is 0.0557. The number of hydrogen-bond acceptors (Lipinski definition) is 2. The summed E-state index contributed by atoms with van der Waals surface area (Å²) in [5.41, 5.74) is 2.45. The summed E-state index contributed by atoms with van der Waals surface area (Å²) in [6, 6.07) is 8.10. The van der Waals surface area contributed by atoms with Crippen molar-refractivity contribution in [3.63, 3.8) is 0 Å². The predicted octanol–water partition coefficient (Wildman–Crippen LogP) is 3.28. The van der Waals surface area contributed by atoms with Crippen LogP contribution in [0.15, 0.2) is 29.8 Å². The first-order chi connectivity index (χ1) is 7.62. The molecule has 0 spiro atoms. The smallest absolute Gasteiger partial charge is 0.118 e. The minimum atomic E-state index is -0.111. The van der Waals surface area contributed by atoms with E-state index in [4.69, 9.17) is 9.47 Å². The van der Waals surface area contributed by atoms with Crippen molar-refractivity contribution < 1.29 is 9.47 Å². The molecule has 1 aromatic rings. The molecule has 0 amide bonds. The van der Waals surface area contributed by atoms with Crippen LogP contribution in [0, 0.1) is 0 Å². The molecule has 1 fully saturated rings. The molecule has 0 aliphatic carbocycles. The Morgan fingerprint density at radius 1 is 1.25 bits per heavy atom. The third-order valence-corrected chi connectivity index (χ3v) is 3.06. The van der Waals surface area contributed by atoms with Crippen molar-refractivity contribution in [2.45, 2.75) is 25.9 Å². The van der Waals surface area contributed by atoms with Crippen molar-refractivity contribution in [3.05, 3.63) is 35.4 Å². The second kappa shape index (κ2) is 4.30. The number of methoxy groups -OCH3 is 1. The van der Waals surface area contributed by atoms with Gasteiger partial charge in [-0.25, -0.2) is 0 Å². The Balaban J connectivity index is 2.22. The third-order valence-electron chi connectivity index (χ3n) is 3.06. The summed E-state index contributed by atoms with van der Waals surface area (Å²) in [6.45, 7) is 5.07. The van der Waals surface area contributed by atoms with Crippen molar-refractivity contribution in [2.24, 2.45) is 0 Å². The maximum atomic E-state index is 5.68. The van der Waals surface area contributed by atoms with Gasteiger partial charge in [0.2, 0.25) is 0 Å². The largest absolute Gasteiger partial charge is 0.497 e. The van der Waals surface area contributed by atoms with Gasteiger partial charge in [0.05, 0.1) is 19.3 Å². The van der Waals surface area contributed by atoms with Gasteiger partial charge in [0.15, 0.2) is 0 Å². The Hall–Kier alpha value is -1.28. The summed E-state index contributed by atoms with van der Waals surface area (Å²) in [6.07, 6.45) is 3.24. The topological polar surface area (TPSA) is 18.5 Å². The molecule has 2 rings (SSSR count). The van der Waals surface area contributed by atoms with Gasteiger partial charge in [-0.05, 0) is 43.5 Å². The average molecular weight is 218 g/mol. The van der Waals surface area contributed by atoms with Gasteiger partial charge in [0.25, 0.3) is 0 Å². The normalized spacial score (nSPS) is 21.3. The fourth-order valence-electron chi connectivity index (χ4n) is 1.96. The Morgan fingerprint density at radius 3 is 2.44 bits per heavy atom. The molecule has 86 valence electrons. The van der Waals surface area contributed by atoms with Crippen LogP contribution >= 0.6 is 0 Å². The van der Waals surface area contributed by atoms with Gasteiger partial charge in [-0.2, -0.15) is 0 Å². The molecule has 0 aromatic heterocycles. The Bertz CT molecular complexity index is 388. The van der Waals surface area contributed by atoms with Crippen LogP contribution in [0.2, 0.25) is 0 Å². The van der Waals surface area contributed by atoms with E-state index < -0.39 is 0 Å². The van der Waals surface area contributed by atoms with Gasteiger partial charge in [-0.15, -0.1) is 0 Å². The second-order valence-corrected chi connectivity index (χ2v) is 4.55. The zero-order valence-electron chi connectivity index (χ0n) is 10.1. The summed E-state index contributed by atoms with van der Waals surface area (Å²) in [5.74, 6) is 0.893. The SMILES string of the molecule is COc1ccc(/C=C2/CCOC2(C)C)cc1. The van der Waals surface area contributed by atoms with Gasteiger partial charge in [-0.3, -0.25) is 0 Å². The lowest BCUT2D eigenvalue weighted by atomic mass is 9.96. The summed E-state index contributed by atoms with van der Waals surface area (Å²) in [4.78, 5) is 0. The molecule has 0 N–H and O–H groups in total. The molecule has 1 aliphatic rings. The highest BCUT2D eigenvalue weighted by Gasteiger charge is 2.29. The molecule has 0 bridgehead atoms. The molecule has 0 saturated carbocycles. The standard InChI is InChI=1S/C14H18O2/c1-14(2)12(8-9-16-14)10-11-4-6-13(15-3)7-5-11/h4-7,10H,8-9H2,1-3H3/b12-10-. The molecular weight excluding hydrogens is 200 g/mol. The monoisotopic (exact) mass is 218 g/mol. The van der Waals surface area contributed by atoms with Crippen LogP contribution in [0.5, 0.6) is 5.75 Å². The van der Waals surface area contributed by atoms with E-state index in [1.807, 2.05) is 12.1 Å². The van der Waals surface area contributed by atoms with E-state index in [1.165, 1.54) is 11.1 Å². The van der Waals surface area contributed by atoms with Gasteiger partial charge in [0.1, 0.15) is 5.75 Å². The first-order valence-electron chi connectivity index (χ1n) is 5.61. The molecule has 2 nitrogen and oxygen atoms in total. The number of ether oxygens (including phenoxy) is 2. The van der Waals surface area contributed by atoms with Crippen LogP contribution in [0.1, 0.15) is 25.8 Å². The van der Waals surface area contributed by atoms with Crippen LogP contribution in [0.3, 0.4) is 0 Å². The molecule has 1 aliphatic heterocycles. The molecule has 16 heavy (non-hydrogen) atoms. The van der Waals surface area contributed by atoms with E-state index in [9.17, 15) is 0 Å². The molecule has 0 unspecified atom stereocenters. The first-order valence-corrected chi connectivity index (χ1v) is 5.61. The molecule has 2 heteroatoms. The van der Waals surface area contributed by atoms with Crippen molar-refractivity contribution in [1.29, 1.82) is 0 Å². The number of benzene rings is 1. The zero-order valence-corrected chi connectivity index (χ0v) is 10.1. The second-order valence-electron chi connectivity index (χ2n) is 4.55. The third kappa shape index (κ3) is 2.27. The first kappa shape index (κ1) is 11.2. The highest BCUT2D eigenvalue weighted by molar-refractivity contribution is 5.56. The highest BCUT2D eigenvalue weighted by Crippen LogP contribution is 2.32. The summed E-state index contributed by atoms with van der Waals surface area (Å²) in [5, 5.41) is 0. The molecular formula is C14H18O2. The Kier molecular flexibility index (Phi) is 3.01. The van der Waals surface area contributed by atoms with Gasteiger partial charge in [-0.1, -0.05) is 18.2 Å². The maximum Gasteiger partial charge on any atom is 0.118 e. The Morgan fingerprint density at radius 2 is 1.94 bits per heavy atom. The summed E-state index contributed by atoms with van der Waals surface area (Å²) < 4.78 is 10.8. The van der Waals surface area contributed by atoms with Crippen LogP contribution in [0.25, 0.3) is 6.08 Å². The summed E-state index contributed by atoms with van der Waals surface area (Å²) in [7, 11) is 1.68. The maximum absolute atomic E-state index is 5.68. The van der Waals surface area contributed by atoms with Gasteiger partial charge >= 0.3 is 0 Å². The van der Waals surface area contributed by atoms with E-state index in [0.29, 0.717) is 0 Å². The quantitative estimate of drug-likeness (QED) is 0.758. The van der Waals surface area contributed by atoms with Gasteiger partial charge in [0, 0.05) is 0 Å². The van der Waals surface area contributed by atoms with Crippen molar-refractivity contribution in [1.82, 2.24) is 0 Å². The van der Waals surface area contributed by atoms with Crippen molar-refractivity contribution in [2.75, 3.05) is 13.7 Å². The van der Waals surface area contributed by atoms with Crippen LogP contribution in [0.4, 0.5) is 0 Å². The minimum Gasteiger partial charge on any atom is -0.497 e. The fourth-order valence-corrected chi connectivity index (χ4v) is 1.96. The van der Waals surface area contributed by atoms with E-state index in [-0.39, 0.29) is 5.60 Å². The average Bonchev–Trinajstić information content (AvgIpc) is 2.59. The lowest BCUT2D eigenvalue weighted by Crippen LogP contribution is -2.19. The highest BCUT2D eigenvalue weighted by atomic mass is 16.5. The molecule has 1 heterocycles. The number of hydrogen-bond donors (Lipinski definition) is 0. The minimum absolute atomic E-state index is 0.111. The van der Waals surface area contributed by atoms with Crippen LogP contribution in [-0.4, -0.2) is 19.3 Å². The lowest BCUT2D eigenvalue weighted by Gasteiger charge is -2.19.